The average Bonchev–Trinajstić information content (AvgIpc) is 2.40. The van der Waals surface area contributed by atoms with E-state index in [4.69, 9.17) is 21.1 Å². The molecule has 0 aliphatic carbocycles. The smallest absolute Gasteiger partial charge is 0.120 e. The van der Waals surface area contributed by atoms with Gasteiger partial charge < -0.3 is 9.47 Å². The first kappa shape index (κ1) is 14.0. The summed E-state index contributed by atoms with van der Waals surface area (Å²) in [6.45, 7) is 1.65. The van der Waals surface area contributed by atoms with Crippen LogP contribution in [-0.4, -0.2) is 30.8 Å². The molecule has 0 amide bonds. The molecule has 4 heteroatoms. The minimum absolute atomic E-state index is 0.454. The van der Waals surface area contributed by atoms with Crippen LogP contribution in [-0.2, 0) is 4.74 Å². The molecule has 0 saturated carbocycles. The van der Waals surface area contributed by atoms with Gasteiger partial charge in [0.05, 0.1) is 12.7 Å². The van der Waals surface area contributed by atoms with Crippen molar-refractivity contribution in [1.29, 1.82) is 0 Å². The number of hydrogen-bond donors (Lipinski definition) is 0. The Kier molecular flexibility index (Phi) is 6.18. The van der Waals surface area contributed by atoms with E-state index in [1.807, 2.05) is 36.0 Å². The molecule has 0 bridgehead atoms. The fourth-order valence-electron chi connectivity index (χ4n) is 1.93. The highest BCUT2D eigenvalue weighted by molar-refractivity contribution is 7.99. The third-order valence-corrected chi connectivity index (χ3v) is 4.17. The van der Waals surface area contributed by atoms with E-state index in [-0.39, 0.29) is 0 Å². The highest BCUT2D eigenvalue weighted by Gasteiger charge is 2.13. The van der Waals surface area contributed by atoms with E-state index < -0.39 is 0 Å². The van der Waals surface area contributed by atoms with E-state index in [1.54, 1.807) is 0 Å². The number of halogens is 1. The minimum Gasteiger partial charge on any atom is -0.493 e. The van der Waals surface area contributed by atoms with E-state index in [2.05, 4.69) is 0 Å². The molecule has 1 aromatic carbocycles. The molecular weight excluding hydrogens is 268 g/mol. The number of rotatable bonds is 6. The molecular formula is C14H19ClO2S. The highest BCUT2D eigenvalue weighted by Crippen LogP contribution is 2.19. The SMILES string of the molecule is Clc1cccc(OCCSCC2CCCCO2)c1. The fourth-order valence-corrected chi connectivity index (χ4v) is 3.00. The molecule has 1 aliphatic rings. The van der Waals surface area contributed by atoms with E-state index in [0.29, 0.717) is 6.10 Å². The topological polar surface area (TPSA) is 18.5 Å². The van der Waals surface area contributed by atoms with Crippen molar-refractivity contribution in [2.45, 2.75) is 25.4 Å². The van der Waals surface area contributed by atoms with Gasteiger partial charge in [-0.15, -0.1) is 0 Å². The number of ether oxygens (including phenoxy) is 2. The number of thioether (sulfide) groups is 1. The van der Waals surface area contributed by atoms with Gasteiger partial charge in [-0.3, -0.25) is 0 Å². The van der Waals surface area contributed by atoms with E-state index in [1.165, 1.54) is 19.3 Å². The lowest BCUT2D eigenvalue weighted by molar-refractivity contribution is 0.0315. The molecule has 0 radical (unpaired) electrons. The van der Waals surface area contributed by atoms with E-state index >= 15 is 0 Å². The van der Waals surface area contributed by atoms with Crippen LogP contribution in [0.3, 0.4) is 0 Å². The summed E-state index contributed by atoms with van der Waals surface area (Å²) in [6, 6.07) is 7.53. The Morgan fingerprint density at radius 2 is 2.33 bits per heavy atom. The lowest BCUT2D eigenvalue weighted by atomic mass is 10.1. The Hall–Kier alpha value is -0.380. The summed E-state index contributed by atoms with van der Waals surface area (Å²) in [6.07, 6.45) is 4.20. The van der Waals surface area contributed by atoms with Crippen LogP contribution in [0.25, 0.3) is 0 Å². The van der Waals surface area contributed by atoms with Gasteiger partial charge in [-0.25, -0.2) is 0 Å². The van der Waals surface area contributed by atoms with Gasteiger partial charge in [0.2, 0.25) is 0 Å². The Labute approximate surface area is 118 Å². The molecule has 1 atom stereocenters. The summed E-state index contributed by atoms with van der Waals surface area (Å²) in [5.74, 6) is 2.92. The van der Waals surface area contributed by atoms with Gasteiger partial charge in [-0.05, 0) is 37.5 Å². The quantitative estimate of drug-likeness (QED) is 0.736. The van der Waals surface area contributed by atoms with Gasteiger partial charge in [0.25, 0.3) is 0 Å². The zero-order valence-corrected chi connectivity index (χ0v) is 12.0. The summed E-state index contributed by atoms with van der Waals surface area (Å²) < 4.78 is 11.3. The Morgan fingerprint density at radius 3 is 3.11 bits per heavy atom. The van der Waals surface area contributed by atoms with Crippen molar-refractivity contribution < 1.29 is 9.47 Å². The summed E-state index contributed by atoms with van der Waals surface area (Å²) in [5.41, 5.74) is 0. The van der Waals surface area contributed by atoms with Crippen molar-refractivity contribution in [2.75, 3.05) is 24.7 Å². The summed E-state index contributed by atoms with van der Waals surface area (Å²) in [7, 11) is 0. The predicted octanol–water partition coefficient (Wildman–Crippen LogP) is 4.02. The van der Waals surface area contributed by atoms with Crippen LogP contribution in [0, 0.1) is 0 Å². The van der Waals surface area contributed by atoms with Crippen molar-refractivity contribution in [3.05, 3.63) is 29.3 Å². The second-order valence-electron chi connectivity index (χ2n) is 4.37. The molecule has 0 N–H and O–H groups in total. The second-order valence-corrected chi connectivity index (χ2v) is 5.96. The van der Waals surface area contributed by atoms with Crippen LogP contribution in [0.15, 0.2) is 24.3 Å². The van der Waals surface area contributed by atoms with Crippen molar-refractivity contribution in [1.82, 2.24) is 0 Å². The molecule has 1 saturated heterocycles. The maximum absolute atomic E-state index is 5.88. The Balaban J connectivity index is 1.55. The van der Waals surface area contributed by atoms with Gasteiger partial charge in [0.1, 0.15) is 5.75 Å². The molecule has 2 rings (SSSR count). The minimum atomic E-state index is 0.454. The third-order valence-electron chi connectivity index (χ3n) is 2.87. The zero-order chi connectivity index (χ0) is 12.6. The monoisotopic (exact) mass is 286 g/mol. The van der Waals surface area contributed by atoms with Crippen molar-refractivity contribution in [3.63, 3.8) is 0 Å². The van der Waals surface area contributed by atoms with Gasteiger partial charge in [-0.2, -0.15) is 11.8 Å². The number of hydrogen-bond acceptors (Lipinski definition) is 3. The van der Waals surface area contributed by atoms with Crippen LogP contribution in [0.1, 0.15) is 19.3 Å². The van der Waals surface area contributed by atoms with E-state index in [9.17, 15) is 0 Å². The lowest BCUT2D eigenvalue weighted by Crippen LogP contribution is -2.21. The van der Waals surface area contributed by atoms with Crippen LogP contribution >= 0.6 is 23.4 Å². The maximum atomic E-state index is 5.88. The maximum Gasteiger partial charge on any atom is 0.120 e. The molecule has 18 heavy (non-hydrogen) atoms. The standard InChI is InChI=1S/C14H19ClO2S/c15-12-4-3-6-13(10-12)17-8-9-18-11-14-5-1-2-7-16-14/h3-4,6,10,14H,1-2,5,7-9,11H2. The molecule has 0 aromatic heterocycles. The first-order valence-corrected chi connectivity index (χ1v) is 7.95. The summed E-state index contributed by atoms with van der Waals surface area (Å²) in [4.78, 5) is 0. The first-order valence-electron chi connectivity index (χ1n) is 6.42. The van der Waals surface area contributed by atoms with Crippen molar-refractivity contribution in [2.24, 2.45) is 0 Å². The van der Waals surface area contributed by atoms with Gasteiger partial charge in [-0.1, -0.05) is 17.7 Å². The van der Waals surface area contributed by atoms with Gasteiger partial charge in [0.15, 0.2) is 0 Å². The predicted molar refractivity (Wildman–Crippen MR) is 77.9 cm³/mol. The average molecular weight is 287 g/mol. The highest BCUT2D eigenvalue weighted by atomic mass is 35.5. The first-order chi connectivity index (χ1) is 8.84. The zero-order valence-electron chi connectivity index (χ0n) is 10.4. The fraction of sp³-hybridized carbons (Fsp3) is 0.571. The third kappa shape index (κ3) is 5.09. The van der Waals surface area contributed by atoms with Crippen LogP contribution in [0.2, 0.25) is 5.02 Å². The molecule has 1 fully saturated rings. The largest absolute Gasteiger partial charge is 0.493 e. The van der Waals surface area contributed by atoms with Gasteiger partial charge >= 0.3 is 0 Å². The van der Waals surface area contributed by atoms with Crippen LogP contribution in [0.5, 0.6) is 5.75 Å². The number of benzene rings is 1. The molecule has 1 aromatic rings. The van der Waals surface area contributed by atoms with Crippen LogP contribution in [0.4, 0.5) is 0 Å². The Bertz CT molecular complexity index is 353. The second kappa shape index (κ2) is 7.93. The summed E-state index contributed by atoms with van der Waals surface area (Å²) in [5, 5.41) is 0.718. The van der Waals surface area contributed by atoms with Crippen molar-refractivity contribution in [3.8, 4) is 5.75 Å². The molecule has 100 valence electrons. The Morgan fingerprint density at radius 1 is 1.39 bits per heavy atom. The lowest BCUT2D eigenvalue weighted by Gasteiger charge is -2.22. The molecule has 1 heterocycles. The molecule has 2 nitrogen and oxygen atoms in total. The molecule has 0 spiro atoms. The normalized spacial score (nSPS) is 19.7. The van der Waals surface area contributed by atoms with E-state index in [0.717, 1.165) is 35.5 Å². The van der Waals surface area contributed by atoms with Crippen LogP contribution < -0.4 is 4.74 Å². The van der Waals surface area contributed by atoms with Gasteiger partial charge in [0, 0.05) is 23.1 Å². The summed E-state index contributed by atoms with van der Waals surface area (Å²) >= 11 is 7.78. The molecule has 1 aliphatic heterocycles. The van der Waals surface area contributed by atoms with Crippen molar-refractivity contribution >= 4 is 23.4 Å². The molecule has 1 unspecified atom stereocenters.